The molecule has 0 fully saturated rings. The van der Waals surface area contributed by atoms with Gasteiger partial charge in [-0.05, 0) is 37.6 Å². The molecule has 1 heterocycles. The molecule has 0 radical (unpaired) electrons. The van der Waals surface area contributed by atoms with Crippen LogP contribution < -0.4 is 10.1 Å². The molecule has 3 aromatic rings. The predicted molar refractivity (Wildman–Crippen MR) is 120 cm³/mol. The number of carbonyl (C=O) groups is 2. The fraction of sp³-hybridized carbons (Fsp3) is 0.261. The Kier molecular flexibility index (Phi) is 7.81. The van der Waals surface area contributed by atoms with Crippen LogP contribution in [0.25, 0.3) is 11.3 Å². The summed E-state index contributed by atoms with van der Waals surface area (Å²) >= 11 is 5.93. The van der Waals surface area contributed by atoms with Gasteiger partial charge in [0.1, 0.15) is 11.6 Å². The molecule has 0 bridgehead atoms. The van der Waals surface area contributed by atoms with E-state index in [4.69, 9.17) is 16.3 Å². The number of benzene rings is 2. The zero-order valence-corrected chi connectivity index (χ0v) is 17.9. The van der Waals surface area contributed by atoms with Gasteiger partial charge in [0.05, 0.1) is 25.5 Å². The molecule has 0 saturated carbocycles. The normalized spacial score (nSPS) is 10.7. The van der Waals surface area contributed by atoms with Crippen molar-refractivity contribution in [3.05, 3.63) is 65.2 Å². The molecule has 162 valence electrons. The van der Waals surface area contributed by atoms with Crippen molar-refractivity contribution in [2.45, 2.75) is 26.3 Å². The number of nitrogens with one attached hydrogen (secondary N) is 1. The lowest BCUT2D eigenvalue weighted by molar-refractivity contribution is -0.116. The molecule has 0 unspecified atom stereocenters. The number of nitrogens with zero attached hydrogens (tertiary/aromatic N) is 2. The highest BCUT2D eigenvalue weighted by atomic mass is 35.5. The third-order valence-corrected chi connectivity index (χ3v) is 4.81. The number of ether oxygens (including phenoxy) is 1. The average Bonchev–Trinajstić information content (AvgIpc) is 3.14. The molecule has 2 N–H and O–H groups in total. The predicted octanol–water partition coefficient (Wildman–Crippen LogP) is 4.20. The largest absolute Gasteiger partial charge is 0.494 e. The van der Waals surface area contributed by atoms with Gasteiger partial charge in [0.15, 0.2) is 5.78 Å². The molecular formula is C23H24ClN3O4. The Balaban J connectivity index is 1.55. The summed E-state index contributed by atoms with van der Waals surface area (Å²) in [7, 11) is 0. The van der Waals surface area contributed by atoms with Crippen LogP contribution in [0.3, 0.4) is 0 Å². The van der Waals surface area contributed by atoms with E-state index in [-0.39, 0.29) is 31.3 Å². The first kappa shape index (κ1) is 22.5. The summed E-state index contributed by atoms with van der Waals surface area (Å²) in [5, 5.41) is 17.2. The molecule has 0 aliphatic heterocycles. The third-order valence-electron chi connectivity index (χ3n) is 4.56. The fourth-order valence-electron chi connectivity index (χ4n) is 2.98. The minimum Gasteiger partial charge on any atom is -0.494 e. The lowest BCUT2D eigenvalue weighted by Crippen LogP contribution is -2.17. The summed E-state index contributed by atoms with van der Waals surface area (Å²) in [6, 6.07) is 16.0. The summed E-state index contributed by atoms with van der Waals surface area (Å²) in [6.45, 7) is 2.01. The van der Waals surface area contributed by atoms with Gasteiger partial charge in [0.2, 0.25) is 5.91 Å². The maximum absolute atomic E-state index is 12.4. The van der Waals surface area contributed by atoms with Crippen molar-refractivity contribution in [2.24, 2.45) is 0 Å². The minimum atomic E-state index is -0.178. The van der Waals surface area contributed by atoms with Crippen LogP contribution >= 0.6 is 11.6 Å². The van der Waals surface area contributed by atoms with E-state index in [9.17, 15) is 14.7 Å². The van der Waals surface area contributed by atoms with Gasteiger partial charge < -0.3 is 15.2 Å². The minimum absolute atomic E-state index is 0.0257. The maximum atomic E-state index is 12.4. The first-order chi connectivity index (χ1) is 15.0. The first-order valence-electron chi connectivity index (χ1n) is 9.94. The lowest BCUT2D eigenvalue weighted by atomic mass is 10.1. The highest BCUT2D eigenvalue weighted by molar-refractivity contribution is 6.30. The molecule has 1 amide bonds. The molecular weight excluding hydrogens is 418 g/mol. The van der Waals surface area contributed by atoms with Gasteiger partial charge in [-0.1, -0.05) is 35.9 Å². The van der Waals surface area contributed by atoms with Crippen molar-refractivity contribution in [2.75, 3.05) is 18.5 Å². The van der Waals surface area contributed by atoms with Gasteiger partial charge in [0.25, 0.3) is 0 Å². The SMILES string of the molecule is CC(=O)c1cccc(OCCCC(=O)Nc2cc(-c3ccc(Cl)cc3)nn2CCO)c1. The van der Waals surface area contributed by atoms with Crippen LogP contribution in [0.2, 0.25) is 5.02 Å². The quantitative estimate of drug-likeness (QED) is 0.363. The maximum Gasteiger partial charge on any atom is 0.225 e. The summed E-state index contributed by atoms with van der Waals surface area (Å²) in [5.41, 5.74) is 2.12. The standard InChI is InChI=1S/C23H24ClN3O4/c1-16(29)18-4-2-5-20(14-18)31-13-3-6-23(30)25-22-15-21(26-27(22)11-12-28)17-7-9-19(24)10-8-17/h2,4-5,7-10,14-15,28H,3,6,11-13H2,1H3,(H,25,30). The number of aromatic nitrogens is 2. The topological polar surface area (TPSA) is 93.5 Å². The molecule has 3 rings (SSSR count). The van der Waals surface area contributed by atoms with Crippen LogP contribution in [0.4, 0.5) is 5.82 Å². The summed E-state index contributed by atoms with van der Waals surface area (Å²) in [6.07, 6.45) is 0.765. The number of aliphatic hydroxyl groups excluding tert-OH is 1. The number of carbonyl (C=O) groups excluding carboxylic acids is 2. The van der Waals surface area contributed by atoms with Crippen molar-refractivity contribution < 1.29 is 19.4 Å². The molecule has 0 atom stereocenters. The second-order valence-electron chi connectivity index (χ2n) is 6.95. The Morgan fingerprint density at radius 2 is 1.94 bits per heavy atom. The van der Waals surface area contributed by atoms with E-state index in [1.54, 1.807) is 47.1 Å². The Bertz CT molecular complexity index is 1050. The number of Topliss-reactive ketones (excluding diaryl/α,β-unsaturated/α-hetero) is 1. The van der Waals surface area contributed by atoms with Gasteiger partial charge >= 0.3 is 0 Å². The van der Waals surface area contributed by atoms with Gasteiger partial charge in [-0.15, -0.1) is 0 Å². The van der Waals surface area contributed by atoms with Crippen LogP contribution in [0.15, 0.2) is 54.6 Å². The summed E-state index contributed by atoms with van der Waals surface area (Å²) < 4.78 is 7.20. The second kappa shape index (κ2) is 10.7. The van der Waals surface area contributed by atoms with Crippen molar-refractivity contribution in [3.8, 4) is 17.0 Å². The van der Waals surface area contributed by atoms with Crippen molar-refractivity contribution in [1.29, 1.82) is 0 Å². The zero-order chi connectivity index (χ0) is 22.2. The number of aliphatic hydroxyl groups is 1. The van der Waals surface area contributed by atoms with Gasteiger partial charge in [-0.3, -0.25) is 9.59 Å². The fourth-order valence-corrected chi connectivity index (χ4v) is 3.10. The van der Waals surface area contributed by atoms with E-state index >= 15 is 0 Å². The molecule has 1 aromatic heterocycles. The van der Waals surface area contributed by atoms with Crippen LogP contribution in [0.5, 0.6) is 5.75 Å². The van der Waals surface area contributed by atoms with Crippen LogP contribution in [0, 0.1) is 0 Å². The van der Waals surface area contributed by atoms with Gasteiger partial charge in [0, 0.05) is 28.6 Å². The third kappa shape index (κ3) is 6.41. The number of ketones is 1. The number of hydrogen-bond acceptors (Lipinski definition) is 5. The molecule has 8 heteroatoms. The Hall–Kier alpha value is -3.16. The molecule has 7 nitrogen and oxygen atoms in total. The highest BCUT2D eigenvalue weighted by Gasteiger charge is 2.12. The summed E-state index contributed by atoms with van der Waals surface area (Å²) in [4.78, 5) is 23.8. The number of halogens is 1. The average molecular weight is 442 g/mol. The van der Waals surface area contributed by atoms with E-state index in [0.29, 0.717) is 40.9 Å². The number of rotatable bonds is 10. The van der Waals surface area contributed by atoms with Gasteiger partial charge in [-0.2, -0.15) is 5.10 Å². The Morgan fingerprint density at radius 1 is 1.16 bits per heavy atom. The van der Waals surface area contributed by atoms with Crippen LogP contribution in [0.1, 0.15) is 30.1 Å². The molecule has 0 aliphatic carbocycles. The van der Waals surface area contributed by atoms with E-state index < -0.39 is 0 Å². The molecule has 2 aromatic carbocycles. The molecule has 0 saturated heterocycles. The van der Waals surface area contributed by atoms with E-state index in [1.807, 2.05) is 12.1 Å². The summed E-state index contributed by atoms with van der Waals surface area (Å²) in [5.74, 6) is 0.908. The van der Waals surface area contributed by atoms with Crippen LogP contribution in [-0.4, -0.2) is 39.8 Å². The van der Waals surface area contributed by atoms with Gasteiger partial charge in [-0.25, -0.2) is 4.68 Å². The number of hydrogen-bond donors (Lipinski definition) is 2. The van der Waals surface area contributed by atoms with E-state index in [0.717, 1.165) is 5.56 Å². The second-order valence-corrected chi connectivity index (χ2v) is 7.39. The monoisotopic (exact) mass is 441 g/mol. The van der Waals surface area contributed by atoms with Crippen LogP contribution in [-0.2, 0) is 11.3 Å². The Labute approximate surface area is 185 Å². The molecule has 0 aliphatic rings. The highest BCUT2D eigenvalue weighted by Crippen LogP contribution is 2.24. The number of amides is 1. The van der Waals surface area contributed by atoms with E-state index in [1.165, 1.54) is 6.92 Å². The Morgan fingerprint density at radius 3 is 2.65 bits per heavy atom. The first-order valence-corrected chi connectivity index (χ1v) is 10.3. The van der Waals surface area contributed by atoms with Crippen molar-refractivity contribution in [3.63, 3.8) is 0 Å². The van der Waals surface area contributed by atoms with Crippen molar-refractivity contribution in [1.82, 2.24) is 9.78 Å². The molecule has 0 spiro atoms. The lowest BCUT2D eigenvalue weighted by Gasteiger charge is -2.09. The van der Waals surface area contributed by atoms with E-state index in [2.05, 4.69) is 10.4 Å². The van der Waals surface area contributed by atoms with Crippen molar-refractivity contribution >= 4 is 29.1 Å². The smallest absolute Gasteiger partial charge is 0.225 e. The number of anilines is 1. The molecule has 31 heavy (non-hydrogen) atoms. The zero-order valence-electron chi connectivity index (χ0n) is 17.2.